The highest BCUT2D eigenvalue weighted by Crippen LogP contribution is 2.30. The Bertz CT molecular complexity index is 866. The number of carbonyl (C=O) groups is 1. The van der Waals surface area contributed by atoms with Gasteiger partial charge < -0.3 is 9.73 Å². The van der Waals surface area contributed by atoms with E-state index >= 15 is 0 Å². The van der Waals surface area contributed by atoms with E-state index in [2.05, 4.69) is 10.3 Å². The topological polar surface area (TPSA) is 89.3 Å². The van der Waals surface area contributed by atoms with Gasteiger partial charge in [-0.1, -0.05) is 0 Å². The summed E-state index contributed by atoms with van der Waals surface area (Å²) in [5.74, 6) is 1.22. The molecule has 1 N–H and O–H groups in total. The van der Waals surface area contributed by atoms with Gasteiger partial charge in [0.15, 0.2) is 20.6 Å². The van der Waals surface area contributed by atoms with Gasteiger partial charge in [-0.05, 0) is 39.3 Å². The molecule has 3 heterocycles. The van der Waals surface area contributed by atoms with Crippen LogP contribution in [0.15, 0.2) is 16.5 Å². The third kappa shape index (κ3) is 3.32. The number of aryl methyl sites for hydroxylation is 2. The number of furan rings is 1. The van der Waals surface area contributed by atoms with E-state index < -0.39 is 15.4 Å². The number of rotatable bonds is 3. The van der Waals surface area contributed by atoms with E-state index in [4.69, 9.17) is 4.42 Å². The molecule has 1 aliphatic heterocycles. The number of nitrogens with one attached hydrogen (secondary N) is 1. The van der Waals surface area contributed by atoms with Crippen LogP contribution in [-0.2, 0) is 9.84 Å². The summed E-state index contributed by atoms with van der Waals surface area (Å²) in [4.78, 5) is 17.4. The molecule has 23 heavy (non-hydrogen) atoms. The van der Waals surface area contributed by atoms with Crippen molar-refractivity contribution in [3.63, 3.8) is 0 Å². The van der Waals surface area contributed by atoms with Gasteiger partial charge in [-0.2, -0.15) is 0 Å². The maximum atomic E-state index is 12.5. The first-order valence-corrected chi connectivity index (χ1v) is 9.88. The molecule has 1 amide bonds. The maximum Gasteiger partial charge on any atom is 0.263 e. The zero-order chi connectivity index (χ0) is 16.8. The predicted octanol–water partition coefficient (Wildman–Crippen LogP) is 2.33. The molecule has 0 radical (unpaired) electrons. The fourth-order valence-electron chi connectivity index (χ4n) is 2.70. The van der Waals surface area contributed by atoms with Crippen molar-refractivity contribution in [2.45, 2.75) is 32.7 Å². The Balaban J connectivity index is 1.82. The fourth-order valence-corrected chi connectivity index (χ4v) is 5.72. The van der Waals surface area contributed by atoms with Gasteiger partial charge in [0.2, 0.25) is 0 Å². The van der Waals surface area contributed by atoms with Gasteiger partial charge in [-0.15, -0.1) is 11.3 Å². The smallest absolute Gasteiger partial charge is 0.263 e. The largest absolute Gasteiger partial charge is 0.459 e. The lowest BCUT2D eigenvalue weighted by atomic mass is 10.0. The first kappa shape index (κ1) is 16.2. The molecular formula is C15H18N2O4S2. The first-order valence-electron chi connectivity index (χ1n) is 7.25. The molecule has 8 heteroatoms. The van der Waals surface area contributed by atoms with Gasteiger partial charge in [-0.3, -0.25) is 4.79 Å². The third-order valence-corrected chi connectivity index (χ3v) is 6.95. The van der Waals surface area contributed by atoms with Crippen LogP contribution in [0.25, 0.3) is 10.8 Å². The van der Waals surface area contributed by atoms with Crippen molar-refractivity contribution in [3.8, 4) is 10.8 Å². The van der Waals surface area contributed by atoms with E-state index in [9.17, 15) is 13.2 Å². The number of sulfone groups is 1. The minimum absolute atomic E-state index is 0.0200. The van der Waals surface area contributed by atoms with Crippen LogP contribution in [0.2, 0.25) is 0 Å². The summed E-state index contributed by atoms with van der Waals surface area (Å²) in [5, 5.41) is 3.50. The summed E-state index contributed by atoms with van der Waals surface area (Å²) in [6, 6.07) is 3.66. The second-order valence-electron chi connectivity index (χ2n) is 6.20. The monoisotopic (exact) mass is 354 g/mol. The molecule has 0 aliphatic carbocycles. The second kappa shape index (κ2) is 5.45. The highest BCUT2D eigenvalue weighted by atomic mass is 32.2. The summed E-state index contributed by atoms with van der Waals surface area (Å²) in [7, 11) is -3.07. The SMILES string of the molecule is Cc1ccc(-c2nc(C)c(C(=O)N[C@]3(C)CCS(=O)(=O)C3)s2)o1. The van der Waals surface area contributed by atoms with Crippen LogP contribution in [0.5, 0.6) is 0 Å². The van der Waals surface area contributed by atoms with Crippen LogP contribution in [-0.4, -0.2) is 36.4 Å². The van der Waals surface area contributed by atoms with Gasteiger partial charge in [0, 0.05) is 0 Å². The van der Waals surface area contributed by atoms with E-state index in [1.54, 1.807) is 13.8 Å². The van der Waals surface area contributed by atoms with Gasteiger partial charge in [-0.25, -0.2) is 13.4 Å². The van der Waals surface area contributed by atoms with E-state index in [-0.39, 0.29) is 17.4 Å². The molecule has 3 rings (SSSR count). The highest BCUT2D eigenvalue weighted by Gasteiger charge is 2.40. The van der Waals surface area contributed by atoms with Crippen molar-refractivity contribution in [1.82, 2.24) is 10.3 Å². The molecular weight excluding hydrogens is 336 g/mol. The van der Waals surface area contributed by atoms with E-state index in [1.807, 2.05) is 19.1 Å². The van der Waals surface area contributed by atoms with E-state index in [0.717, 1.165) is 5.76 Å². The number of hydrogen-bond donors (Lipinski definition) is 1. The molecule has 2 aromatic heterocycles. The quantitative estimate of drug-likeness (QED) is 0.914. The number of thiazole rings is 1. The van der Waals surface area contributed by atoms with Crippen LogP contribution in [0.4, 0.5) is 0 Å². The maximum absolute atomic E-state index is 12.5. The lowest BCUT2D eigenvalue weighted by molar-refractivity contribution is 0.0919. The van der Waals surface area contributed by atoms with Crippen LogP contribution in [0, 0.1) is 13.8 Å². The normalized spacial score (nSPS) is 23.1. The van der Waals surface area contributed by atoms with Crippen molar-refractivity contribution < 1.29 is 17.6 Å². The van der Waals surface area contributed by atoms with Crippen LogP contribution >= 0.6 is 11.3 Å². The average Bonchev–Trinajstić information content (AvgIpc) is 3.08. The van der Waals surface area contributed by atoms with Gasteiger partial charge in [0.05, 0.1) is 22.7 Å². The number of carbonyl (C=O) groups excluding carboxylic acids is 1. The summed E-state index contributed by atoms with van der Waals surface area (Å²) in [6.45, 7) is 5.38. The molecule has 1 atom stereocenters. The predicted molar refractivity (Wildman–Crippen MR) is 88.4 cm³/mol. The summed E-state index contributed by atoms with van der Waals surface area (Å²) < 4.78 is 28.8. The van der Waals surface area contributed by atoms with Crippen LogP contribution in [0.3, 0.4) is 0 Å². The Kier molecular flexibility index (Phi) is 3.84. The third-order valence-electron chi connectivity index (χ3n) is 3.87. The molecule has 124 valence electrons. The van der Waals surface area contributed by atoms with E-state index in [0.29, 0.717) is 27.8 Å². The number of aromatic nitrogens is 1. The lowest BCUT2D eigenvalue weighted by Crippen LogP contribution is -2.46. The molecule has 0 saturated carbocycles. The average molecular weight is 354 g/mol. The molecule has 6 nitrogen and oxygen atoms in total. The standard InChI is InChI=1S/C15H18N2O4S2/c1-9-4-5-11(21-9)14-16-10(2)12(22-14)13(18)17-15(3)6-7-23(19,20)8-15/h4-5H,6-8H2,1-3H3,(H,17,18)/t15-/m1/s1. The summed E-state index contributed by atoms with van der Waals surface area (Å²) >= 11 is 1.25. The summed E-state index contributed by atoms with van der Waals surface area (Å²) in [6.07, 6.45) is 0.434. The van der Waals surface area contributed by atoms with Crippen molar-refractivity contribution in [2.24, 2.45) is 0 Å². The zero-order valence-corrected chi connectivity index (χ0v) is 14.8. The van der Waals surface area contributed by atoms with Gasteiger partial charge in [0.25, 0.3) is 5.91 Å². The molecule has 0 spiro atoms. The number of amides is 1. The molecule has 1 fully saturated rings. The van der Waals surface area contributed by atoms with Crippen molar-refractivity contribution >= 4 is 27.1 Å². The molecule has 0 unspecified atom stereocenters. The lowest BCUT2D eigenvalue weighted by Gasteiger charge is -2.23. The van der Waals surface area contributed by atoms with Crippen LogP contribution in [0.1, 0.15) is 34.5 Å². The Morgan fingerprint density at radius 3 is 2.70 bits per heavy atom. The first-order chi connectivity index (χ1) is 10.7. The van der Waals surface area contributed by atoms with Crippen molar-refractivity contribution in [2.75, 3.05) is 11.5 Å². The number of nitrogens with zero attached hydrogens (tertiary/aromatic N) is 1. The molecule has 0 aromatic carbocycles. The highest BCUT2D eigenvalue weighted by molar-refractivity contribution is 7.91. The second-order valence-corrected chi connectivity index (χ2v) is 9.38. The summed E-state index contributed by atoms with van der Waals surface area (Å²) in [5.41, 5.74) is -0.102. The zero-order valence-electron chi connectivity index (χ0n) is 13.2. The molecule has 2 aromatic rings. The van der Waals surface area contributed by atoms with Crippen molar-refractivity contribution in [1.29, 1.82) is 0 Å². The van der Waals surface area contributed by atoms with Gasteiger partial charge in [0.1, 0.15) is 10.6 Å². The Labute approximate surface area is 138 Å². The Morgan fingerprint density at radius 2 is 2.13 bits per heavy atom. The van der Waals surface area contributed by atoms with Crippen LogP contribution < -0.4 is 5.32 Å². The number of hydrogen-bond acceptors (Lipinski definition) is 6. The Hall–Kier alpha value is -1.67. The minimum Gasteiger partial charge on any atom is -0.459 e. The van der Waals surface area contributed by atoms with E-state index in [1.165, 1.54) is 11.3 Å². The molecule has 0 bridgehead atoms. The minimum atomic E-state index is -3.07. The molecule has 1 aliphatic rings. The van der Waals surface area contributed by atoms with Crippen molar-refractivity contribution in [3.05, 3.63) is 28.5 Å². The fraction of sp³-hybridized carbons (Fsp3) is 0.467. The van der Waals surface area contributed by atoms with Gasteiger partial charge >= 0.3 is 0 Å². The Morgan fingerprint density at radius 1 is 1.39 bits per heavy atom. The molecule has 1 saturated heterocycles.